The van der Waals surface area contributed by atoms with Crippen molar-refractivity contribution in [2.24, 2.45) is 0 Å². The van der Waals surface area contributed by atoms with E-state index in [1.807, 2.05) is 24.3 Å². The van der Waals surface area contributed by atoms with Crippen LogP contribution < -0.4 is 9.47 Å². The van der Waals surface area contributed by atoms with Crippen LogP contribution in [0.3, 0.4) is 0 Å². The summed E-state index contributed by atoms with van der Waals surface area (Å²) in [6, 6.07) is 20.8. The zero-order valence-corrected chi connectivity index (χ0v) is 18.9. The van der Waals surface area contributed by atoms with Gasteiger partial charge in [-0.1, -0.05) is 42.5 Å². The molecule has 0 saturated carbocycles. The Labute approximate surface area is 190 Å². The van der Waals surface area contributed by atoms with E-state index < -0.39 is 0 Å². The van der Waals surface area contributed by atoms with Gasteiger partial charge in [-0.3, -0.25) is 9.59 Å². The maximum absolute atomic E-state index is 12.7. The van der Waals surface area contributed by atoms with Crippen molar-refractivity contribution in [1.82, 2.24) is 0 Å². The van der Waals surface area contributed by atoms with Crippen LogP contribution in [0.5, 0.6) is 11.5 Å². The van der Waals surface area contributed by atoms with E-state index >= 15 is 0 Å². The third-order valence-electron chi connectivity index (χ3n) is 5.23. The van der Waals surface area contributed by atoms with Crippen LogP contribution in [0.2, 0.25) is 0 Å². The van der Waals surface area contributed by atoms with E-state index in [9.17, 15) is 9.59 Å². The molecule has 0 unspecified atom stereocenters. The normalized spacial score (nSPS) is 11.1. The van der Waals surface area contributed by atoms with Gasteiger partial charge in [0.2, 0.25) is 0 Å². The largest absolute Gasteiger partial charge is 0.496 e. The summed E-state index contributed by atoms with van der Waals surface area (Å²) in [7, 11) is 3.23. The van der Waals surface area contributed by atoms with E-state index in [0.717, 1.165) is 16.0 Å². The van der Waals surface area contributed by atoms with Crippen molar-refractivity contribution in [2.45, 2.75) is 6.92 Å². The Hall–Kier alpha value is -3.70. The van der Waals surface area contributed by atoms with E-state index in [1.165, 1.54) is 23.1 Å². The SMILES string of the molecule is COc1cc(OC)c(-c2cc3ccccc3s2)cc1/C=C/C(=O)c1ccc(C(C)=O)cc1. The molecule has 3 aromatic carbocycles. The van der Waals surface area contributed by atoms with Crippen LogP contribution in [-0.2, 0) is 0 Å². The monoisotopic (exact) mass is 442 g/mol. The number of Topliss-reactive ketones (excluding diaryl/α,β-unsaturated/α-hetero) is 1. The molecule has 0 atom stereocenters. The summed E-state index contributed by atoms with van der Waals surface area (Å²) in [6.45, 7) is 1.50. The molecule has 0 fully saturated rings. The standard InChI is InChI=1S/C27H22O4S/c1-17(28)18-8-10-19(11-9-18)23(29)13-12-20-14-22(25(31-3)16-24(20)30-2)27-15-21-6-4-5-7-26(21)32-27/h4-16H,1-3H3/b13-12+. The van der Waals surface area contributed by atoms with Gasteiger partial charge >= 0.3 is 0 Å². The minimum atomic E-state index is -0.151. The molecule has 4 aromatic rings. The summed E-state index contributed by atoms with van der Waals surface area (Å²) in [5.74, 6) is 1.14. The molecule has 0 aliphatic carbocycles. The fourth-order valence-electron chi connectivity index (χ4n) is 3.49. The van der Waals surface area contributed by atoms with Gasteiger partial charge in [0.25, 0.3) is 0 Å². The average Bonchev–Trinajstić information content (AvgIpc) is 3.26. The summed E-state index contributed by atoms with van der Waals surface area (Å²) in [5.41, 5.74) is 2.81. The van der Waals surface area contributed by atoms with E-state index in [2.05, 4.69) is 18.2 Å². The number of carbonyl (C=O) groups excluding carboxylic acids is 2. The van der Waals surface area contributed by atoms with Crippen LogP contribution in [-0.4, -0.2) is 25.8 Å². The molecular weight excluding hydrogens is 420 g/mol. The Balaban J connectivity index is 1.70. The fraction of sp³-hybridized carbons (Fsp3) is 0.111. The van der Waals surface area contributed by atoms with Crippen LogP contribution in [0.15, 0.2) is 72.8 Å². The van der Waals surface area contributed by atoms with Gasteiger partial charge < -0.3 is 9.47 Å². The van der Waals surface area contributed by atoms with E-state index in [-0.39, 0.29) is 11.6 Å². The first-order valence-corrected chi connectivity index (χ1v) is 10.9. The number of thiophene rings is 1. The summed E-state index contributed by atoms with van der Waals surface area (Å²) in [5, 5.41) is 1.17. The van der Waals surface area contributed by atoms with Gasteiger partial charge in [-0.15, -0.1) is 11.3 Å². The minimum absolute atomic E-state index is 0.0312. The van der Waals surface area contributed by atoms with Gasteiger partial charge in [0, 0.05) is 37.9 Å². The highest BCUT2D eigenvalue weighted by atomic mass is 32.1. The number of ether oxygens (including phenoxy) is 2. The number of allylic oxidation sites excluding steroid dienone is 1. The molecule has 5 heteroatoms. The molecule has 0 radical (unpaired) electrons. The lowest BCUT2D eigenvalue weighted by molar-refractivity contribution is 0.101. The van der Waals surface area contributed by atoms with Crippen LogP contribution in [0, 0.1) is 0 Å². The predicted molar refractivity (Wildman–Crippen MR) is 130 cm³/mol. The highest BCUT2D eigenvalue weighted by molar-refractivity contribution is 7.22. The second kappa shape index (κ2) is 9.20. The van der Waals surface area contributed by atoms with E-state index in [1.54, 1.807) is 55.9 Å². The van der Waals surface area contributed by atoms with Crippen molar-refractivity contribution < 1.29 is 19.1 Å². The molecule has 0 N–H and O–H groups in total. The number of benzene rings is 3. The van der Waals surface area contributed by atoms with E-state index in [0.29, 0.717) is 22.6 Å². The third kappa shape index (κ3) is 4.34. The highest BCUT2D eigenvalue weighted by Crippen LogP contribution is 2.41. The Bertz CT molecular complexity index is 1300. The smallest absolute Gasteiger partial charge is 0.185 e. The van der Waals surface area contributed by atoms with Crippen molar-refractivity contribution in [2.75, 3.05) is 14.2 Å². The molecule has 0 aliphatic heterocycles. The third-order valence-corrected chi connectivity index (χ3v) is 6.38. The lowest BCUT2D eigenvalue weighted by atomic mass is 10.0. The molecule has 1 aromatic heterocycles. The second-order valence-electron chi connectivity index (χ2n) is 7.27. The van der Waals surface area contributed by atoms with Crippen LogP contribution in [0.1, 0.15) is 33.2 Å². The molecule has 1 heterocycles. The van der Waals surface area contributed by atoms with Crippen molar-refractivity contribution in [1.29, 1.82) is 0 Å². The van der Waals surface area contributed by atoms with Crippen molar-refractivity contribution in [3.8, 4) is 21.9 Å². The van der Waals surface area contributed by atoms with Gasteiger partial charge in [-0.2, -0.15) is 0 Å². The van der Waals surface area contributed by atoms with Crippen LogP contribution in [0.25, 0.3) is 26.6 Å². The molecule has 0 bridgehead atoms. The zero-order valence-electron chi connectivity index (χ0n) is 18.0. The molecule has 0 saturated heterocycles. The summed E-state index contributed by atoms with van der Waals surface area (Å²) >= 11 is 1.69. The number of hydrogen-bond acceptors (Lipinski definition) is 5. The second-order valence-corrected chi connectivity index (χ2v) is 8.36. The first kappa shape index (κ1) is 21.5. The van der Waals surface area contributed by atoms with Crippen molar-refractivity contribution in [3.05, 3.63) is 89.5 Å². The number of rotatable bonds is 7. The topological polar surface area (TPSA) is 52.6 Å². The zero-order chi connectivity index (χ0) is 22.7. The Kier molecular flexibility index (Phi) is 6.19. The van der Waals surface area contributed by atoms with Gasteiger partial charge in [0.15, 0.2) is 11.6 Å². The molecule has 0 amide bonds. The Morgan fingerprint density at radius 3 is 2.19 bits per heavy atom. The number of hydrogen-bond donors (Lipinski definition) is 0. The molecule has 4 nitrogen and oxygen atoms in total. The fourth-order valence-corrected chi connectivity index (χ4v) is 4.58. The lowest BCUT2D eigenvalue weighted by Gasteiger charge is -2.12. The average molecular weight is 443 g/mol. The molecule has 0 spiro atoms. The summed E-state index contributed by atoms with van der Waals surface area (Å²) < 4.78 is 12.4. The number of carbonyl (C=O) groups is 2. The summed E-state index contributed by atoms with van der Waals surface area (Å²) in [4.78, 5) is 25.2. The number of ketones is 2. The Morgan fingerprint density at radius 1 is 0.844 bits per heavy atom. The highest BCUT2D eigenvalue weighted by Gasteiger charge is 2.14. The minimum Gasteiger partial charge on any atom is -0.496 e. The lowest BCUT2D eigenvalue weighted by Crippen LogP contribution is -1.97. The number of fused-ring (bicyclic) bond motifs is 1. The predicted octanol–water partition coefficient (Wildman–Crippen LogP) is 6.68. The van der Waals surface area contributed by atoms with Gasteiger partial charge in [0.1, 0.15) is 11.5 Å². The first-order chi connectivity index (χ1) is 15.5. The van der Waals surface area contributed by atoms with E-state index in [4.69, 9.17) is 9.47 Å². The van der Waals surface area contributed by atoms with Gasteiger partial charge in [0.05, 0.1) is 14.2 Å². The molecule has 32 heavy (non-hydrogen) atoms. The maximum atomic E-state index is 12.7. The molecule has 4 rings (SSSR count). The number of methoxy groups -OCH3 is 2. The Morgan fingerprint density at radius 2 is 1.53 bits per heavy atom. The molecule has 0 aliphatic rings. The quantitative estimate of drug-likeness (QED) is 0.236. The maximum Gasteiger partial charge on any atom is 0.185 e. The van der Waals surface area contributed by atoms with Gasteiger partial charge in [-0.25, -0.2) is 0 Å². The molecular formula is C27H22O4S. The van der Waals surface area contributed by atoms with Crippen molar-refractivity contribution in [3.63, 3.8) is 0 Å². The van der Waals surface area contributed by atoms with Gasteiger partial charge in [-0.05, 0) is 42.7 Å². The van der Waals surface area contributed by atoms with Crippen molar-refractivity contribution >= 4 is 39.1 Å². The molecule has 160 valence electrons. The van der Waals surface area contributed by atoms with Crippen LogP contribution >= 0.6 is 11.3 Å². The summed E-state index contributed by atoms with van der Waals surface area (Å²) in [6.07, 6.45) is 3.26. The first-order valence-electron chi connectivity index (χ1n) is 10.1. The van der Waals surface area contributed by atoms with Crippen LogP contribution in [0.4, 0.5) is 0 Å².